The number of hydrogen-bond donors (Lipinski definition) is 2. The highest BCUT2D eigenvalue weighted by atomic mass is 33.1. The number of azide groups is 1. The minimum atomic E-state index is -0.680. The third kappa shape index (κ3) is 20.5. The molecule has 9 nitrogen and oxygen atoms in total. The SMILES string of the molecule is CC(C)(C)SSC[C@H](N)C(=O)CCc1ccccc1.CC(C)(C)SSC[C@H](NC(=O)OCc1ccccc1N=[N+]=[N-])C(=O)CCc1ccccc1. The number of nitrogens with zero attached hydrogens (tertiary/aromatic N) is 3. The van der Waals surface area contributed by atoms with E-state index >= 15 is 0 Å². The van der Waals surface area contributed by atoms with Gasteiger partial charge >= 0.3 is 6.09 Å². The molecule has 0 saturated heterocycles. The molecule has 0 heterocycles. The first-order valence-electron chi connectivity index (χ1n) is 16.7. The topological polar surface area (TPSA) is 147 Å². The van der Waals surface area contributed by atoms with Crippen LogP contribution in [0.1, 0.15) is 71.1 Å². The molecule has 0 unspecified atom stereocenters. The van der Waals surface area contributed by atoms with Crippen molar-refractivity contribution in [2.24, 2.45) is 10.8 Å². The molecule has 3 rings (SSSR count). The van der Waals surface area contributed by atoms with Crippen LogP contribution in [-0.4, -0.2) is 50.7 Å². The van der Waals surface area contributed by atoms with Gasteiger partial charge in [0.2, 0.25) is 0 Å². The van der Waals surface area contributed by atoms with E-state index in [1.54, 1.807) is 67.4 Å². The Balaban J connectivity index is 0.000000404. The van der Waals surface area contributed by atoms with Gasteiger partial charge in [-0.2, -0.15) is 0 Å². The predicted molar refractivity (Wildman–Crippen MR) is 219 cm³/mol. The first-order valence-corrected chi connectivity index (χ1v) is 21.4. The highest BCUT2D eigenvalue weighted by Crippen LogP contribution is 2.36. The highest BCUT2D eigenvalue weighted by molar-refractivity contribution is 8.77. The molecule has 0 fully saturated rings. The minimum absolute atomic E-state index is 0.0355. The Morgan fingerprint density at radius 1 is 0.765 bits per heavy atom. The number of Topliss-reactive ketones (excluding diaryl/α,β-unsaturated/α-hetero) is 2. The van der Waals surface area contributed by atoms with Crippen LogP contribution in [0.15, 0.2) is 90.0 Å². The molecule has 2 atom stereocenters. The lowest BCUT2D eigenvalue weighted by Crippen LogP contribution is -2.43. The lowest BCUT2D eigenvalue weighted by Gasteiger charge is -2.20. The average Bonchev–Trinajstić information content (AvgIpc) is 3.09. The van der Waals surface area contributed by atoms with E-state index in [2.05, 4.69) is 56.9 Å². The fourth-order valence-electron chi connectivity index (χ4n) is 4.16. The first kappa shape index (κ1) is 44.1. The van der Waals surface area contributed by atoms with Gasteiger partial charge in [0.1, 0.15) is 12.6 Å². The number of amides is 1. The van der Waals surface area contributed by atoms with Gasteiger partial charge in [-0.05, 0) is 35.1 Å². The fourth-order valence-corrected chi connectivity index (χ4v) is 9.12. The maximum atomic E-state index is 12.9. The fraction of sp³-hybridized carbons (Fsp3) is 0.447. The molecule has 0 radical (unpaired) electrons. The monoisotopic (exact) mass is 769 g/mol. The molecule has 3 aromatic rings. The van der Waals surface area contributed by atoms with Gasteiger partial charge in [0, 0.05) is 44.4 Å². The third-order valence-corrected chi connectivity index (χ3v) is 13.4. The van der Waals surface area contributed by atoms with E-state index in [0.29, 0.717) is 42.0 Å². The molecule has 0 bridgehead atoms. The Kier molecular flexibility index (Phi) is 20.3. The summed E-state index contributed by atoms with van der Waals surface area (Å²) in [4.78, 5) is 40.0. The first-order chi connectivity index (χ1) is 24.2. The molecule has 13 heteroatoms. The summed E-state index contributed by atoms with van der Waals surface area (Å²) < 4.78 is 5.55. The molecule has 0 saturated carbocycles. The Morgan fingerprint density at radius 3 is 1.78 bits per heavy atom. The van der Waals surface area contributed by atoms with Gasteiger partial charge in [0.05, 0.1) is 6.04 Å². The Labute approximate surface area is 319 Å². The minimum Gasteiger partial charge on any atom is -0.445 e. The van der Waals surface area contributed by atoms with Crippen molar-refractivity contribution in [2.45, 2.75) is 95.4 Å². The molecule has 3 aromatic carbocycles. The zero-order valence-corrected chi connectivity index (χ0v) is 33.6. The summed E-state index contributed by atoms with van der Waals surface area (Å²) in [5.74, 6) is 1.25. The van der Waals surface area contributed by atoms with E-state index in [0.717, 1.165) is 12.0 Å². The number of alkyl carbamates (subject to hydrolysis) is 1. The Hall–Kier alpha value is -3.06. The average molecular weight is 770 g/mol. The van der Waals surface area contributed by atoms with Gasteiger partial charge in [0.25, 0.3) is 0 Å². The highest BCUT2D eigenvalue weighted by Gasteiger charge is 2.23. The zero-order chi connectivity index (χ0) is 37.7. The number of carbonyl (C=O) groups excluding carboxylic acids is 3. The van der Waals surface area contributed by atoms with Crippen molar-refractivity contribution < 1.29 is 19.1 Å². The van der Waals surface area contributed by atoms with Crippen LogP contribution in [-0.2, 0) is 33.8 Å². The largest absolute Gasteiger partial charge is 0.445 e. The van der Waals surface area contributed by atoms with Gasteiger partial charge < -0.3 is 15.8 Å². The van der Waals surface area contributed by atoms with Gasteiger partial charge in [-0.3, -0.25) is 9.59 Å². The summed E-state index contributed by atoms with van der Waals surface area (Å²) in [7, 11) is 6.69. The molecule has 0 spiro atoms. The second kappa shape index (κ2) is 23.5. The number of ether oxygens (including phenoxy) is 1. The normalized spacial score (nSPS) is 12.4. The summed E-state index contributed by atoms with van der Waals surface area (Å²) in [6, 6.07) is 25.7. The lowest BCUT2D eigenvalue weighted by atomic mass is 10.0. The second-order valence-corrected chi connectivity index (χ2v) is 19.9. The standard InChI is InChI=1S/C23H28N4O3S2.C15H23NOS2/c1-23(2,3)32-31-16-20(21(28)14-13-17-9-5-4-6-10-17)25-22(29)30-15-18-11-7-8-12-19(18)26-27-24;1-15(2,3)19-18-11-13(16)14(17)10-9-12-7-5-4-6-8-12/h4-12,20H,13-16H2,1-3H3,(H,25,29);4-8,13H,9-11,16H2,1-3H3/t20-;13-/m00/s1. The van der Waals surface area contributed by atoms with Crippen molar-refractivity contribution in [3.05, 3.63) is 112 Å². The summed E-state index contributed by atoms with van der Waals surface area (Å²) in [5.41, 5.74) is 17.9. The molecular weight excluding hydrogens is 719 g/mol. The van der Waals surface area contributed by atoms with Crippen LogP contribution in [0.2, 0.25) is 0 Å². The number of benzene rings is 3. The van der Waals surface area contributed by atoms with Crippen LogP contribution >= 0.6 is 43.2 Å². The van der Waals surface area contributed by atoms with Crippen LogP contribution in [0.5, 0.6) is 0 Å². The molecule has 0 aromatic heterocycles. The number of nitrogens with one attached hydrogen (secondary N) is 1. The van der Waals surface area contributed by atoms with Crippen molar-refractivity contribution in [3.8, 4) is 0 Å². The number of hydrogen-bond acceptors (Lipinski definition) is 10. The molecule has 1 amide bonds. The predicted octanol–water partition coefficient (Wildman–Crippen LogP) is 10.3. The van der Waals surface area contributed by atoms with Crippen LogP contribution in [0.3, 0.4) is 0 Å². The molecule has 276 valence electrons. The number of nitrogens with two attached hydrogens (primary N) is 1. The van der Waals surface area contributed by atoms with Crippen molar-refractivity contribution >= 4 is 66.5 Å². The van der Waals surface area contributed by atoms with Gasteiger partial charge in [-0.1, -0.05) is 175 Å². The smallest absolute Gasteiger partial charge is 0.408 e. The van der Waals surface area contributed by atoms with E-state index in [1.165, 1.54) is 5.56 Å². The van der Waals surface area contributed by atoms with E-state index in [4.69, 9.17) is 16.0 Å². The Morgan fingerprint density at radius 2 is 1.25 bits per heavy atom. The maximum absolute atomic E-state index is 12.9. The van der Waals surface area contributed by atoms with E-state index < -0.39 is 12.1 Å². The molecule has 3 N–H and O–H groups in total. The second-order valence-electron chi connectivity index (χ2n) is 13.6. The number of rotatable bonds is 18. The van der Waals surface area contributed by atoms with E-state index in [-0.39, 0.29) is 33.7 Å². The van der Waals surface area contributed by atoms with Gasteiger partial charge in [0.15, 0.2) is 11.6 Å². The third-order valence-electron chi connectivity index (χ3n) is 6.70. The van der Waals surface area contributed by atoms with E-state index in [1.807, 2.05) is 60.7 Å². The van der Waals surface area contributed by atoms with Crippen LogP contribution in [0, 0.1) is 0 Å². The summed E-state index contributed by atoms with van der Waals surface area (Å²) in [6.07, 6.45) is 1.58. The van der Waals surface area contributed by atoms with E-state index in [9.17, 15) is 14.4 Å². The van der Waals surface area contributed by atoms with Crippen molar-refractivity contribution in [1.82, 2.24) is 5.32 Å². The molecule has 0 aliphatic heterocycles. The maximum Gasteiger partial charge on any atom is 0.408 e. The summed E-state index contributed by atoms with van der Waals surface area (Å²) in [6.45, 7) is 12.7. The molecule has 0 aliphatic rings. The van der Waals surface area contributed by atoms with Crippen molar-refractivity contribution in [2.75, 3.05) is 11.5 Å². The van der Waals surface area contributed by atoms with Gasteiger partial charge in [-0.25, -0.2) is 4.79 Å². The van der Waals surface area contributed by atoms with Crippen LogP contribution in [0.25, 0.3) is 10.4 Å². The number of aryl methyl sites for hydroxylation is 2. The number of ketones is 2. The van der Waals surface area contributed by atoms with Gasteiger partial charge in [-0.15, -0.1) is 0 Å². The molecule has 51 heavy (non-hydrogen) atoms. The number of carbonyl (C=O) groups is 3. The van der Waals surface area contributed by atoms with Crippen LogP contribution in [0.4, 0.5) is 10.5 Å². The van der Waals surface area contributed by atoms with Crippen molar-refractivity contribution in [1.29, 1.82) is 0 Å². The molecule has 0 aliphatic carbocycles. The van der Waals surface area contributed by atoms with Crippen LogP contribution < -0.4 is 11.1 Å². The summed E-state index contributed by atoms with van der Waals surface area (Å²) in [5, 5.41) is 6.31. The Bertz CT molecular complexity index is 1540. The summed E-state index contributed by atoms with van der Waals surface area (Å²) >= 11 is 0. The molecular formula is C38H51N5O4S4. The quantitative estimate of drug-likeness (QED) is 0.0558. The van der Waals surface area contributed by atoms with Crippen molar-refractivity contribution in [3.63, 3.8) is 0 Å². The lowest BCUT2D eigenvalue weighted by molar-refractivity contribution is -0.120. The zero-order valence-electron chi connectivity index (χ0n) is 30.4.